The van der Waals surface area contributed by atoms with Gasteiger partial charge in [-0.2, -0.15) is 0 Å². The van der Waals surface area contributed by atoms with Crippen LogP contribution in [-0.4, -0.2) is 36.7 Å². The maximum Gasteiger partial charge on any atom is 0.123 e. The van der Waals surface area contributed by atoms with Gasteiger partial charge < -0.3 is 14.8 Å². The Bertz CT molecular complexity index is 951. The Kier molecular flexibility index (Phi) is 4.62. The van der Waals surface area contributed by atoms with Gasteiger partial charge in [0.15, 0.2) is 0 Å². The minimum atomic E-state index is -0.209. The van der Waals surface area contributed by atoms with E-state index in [2.05, 4.69) is 59.4 Å². The van der Waals surface area contributed by atoms with E-state index in [4.69, 9.17) is 0 Å². The third-order valence-electron chi connectivity index (χ3n) is 4.88. The molecule has 3 aromatic rings. The van der Waals surface area contributed by atoms with Gasteiger partial charge in [-0.1, -0.05) is 12.1 Å². The maximum absolute atomic E-state index is 13.4. The van der Waals surface area contributed by atoms with Gasteiger partial charge in [0.1, 0.15) is 5.82 Å². The minimum absolute atomic E-state index is 0.209. The van der Waals surface area contributed by atoms with Crippen LogP contribution in [-0.2, 0) is 6.54 Å². The largest absolute Gasteiger partial charge is 0.316 e. The highest BCUT2D eigenvalue weighted by molar-refractivity contribution is 5.95. The second-order valence-electron chi connectivity index (χ2n) is 7.16. The van der Waals surface area contributed by atoms with Crippen molar-refractivity contribution in [2.75, 3.05) is 27.2 Å². The molecule has 1 aliphatic heterocycles. The zero-order valence-corrected chi connectivity index (χ0v) is 15.3. The second-order valence-corrected chi connectivity index (χ2v) is 7.16. The summed E-state index contributed by atoms with van der Waals surface area (Å²) in [5, 5.41) is 4.65. The van der Waals surface area contributed by atoms with E-state index in [1.807, 2.05) is 12.1 Å². The van der Waals surface area contributed by atoms with Gasteiger partial charge in [-0.3, -0.25) is 0 Å². The first-order valence-corrected chi connectivity index (χ1v) is 9.06. The molecule has 1 N–H and O–H groups in total. The molecule has 134 valence electrons. The van der Waals surface area contributed by atoms with Gasteiger partial charge in [-0.15, -0.1) is 0 Å². The van der Waals surface area contributed by atoms with Crippen molar-refractivity contribution in [3.63, 3.8) is 0 Å². The van der Waals surface area contributed by atoms with Crippen LogP contribution in [0.1, 0.15) is 17.5 Å². The van der Waals surface area contributed by atoms with E-state index >= 15 is 0 Å². The van der Waals surface area contributed by atoms with Crippen LogP contribution >= 0.6 is 0 Å². The van der Waals surface area contributed by atoms with Crippen LogP contribution in [0.25, 0.3) is 22.2 Å². The van der Waals surface area contributed by atoms with E-state index in [1.165, 1.54) is 34.2 Å². The molecular weight excluding hydrogens is 325 g/mol. The highest BCUT2D eigenvalue weighted by Gasteiger charge is 2.15. The number of hydrogen-bond donors (Lipinski definition) is 1. The fraction of sp³-hybridized carbons (Fsp3) is 0.273. The molecule has 1 aliphatic rings. The maximum atomic E-state index is 13.4. The van der Waals surface area contributed by atoms with Gasteiger partial charge in [-0.05, 0) is 74.6 Å². The van der Waals surface area contributed by atoms with Crippen LogP contribution in [0.5, 0.6) is 0 Å². The van der Waals surface area contributed by atoms with Crippen molar-refractivity contribution in [3.05, 3.63) is 71.7 Å². The number of hydrogen-bond acceptors (Lipinski definition) is 2. The second kappa shape index (κ2) is 7.06. The predicted octanol–water partition coefficient (Wildman–Crippen LogP) is 4.21. The van der Waals surface area contributed by atoms with Crippen LogP contribution in [0.2, 0.25) is 0 Å². The molecule has 1 aromatic heterocycles. The lowest BCUT2D eigenvalue weighted by Crippen LogP contribution is -2.19. The zero-order valence-electron chi connectivity index (χ0n) is 15.3. The van der Waals surface area contributed by atoms with Crippen molar-refractivity contribution in [2.24, 2.45) is 0 Å². The van der Waals surface area contributed by atoms with Gasteiger partial charge >= 0.3 is 0 Å². The lowest BCUT2D eigenvalue weighted by molar-refractivity contribution is 0.403. The summed E-state index contributed by atoms with van der Waals surface area (Å²) in [4.78, 5) is 2.18. The van der Waals surface area contributed by atoms with E-state index in [0.29, 0.717) is 0 Å². The van der Waals surface area contributed by atoms with Gasteiger partial charge in [0, 0.05) is 35.9 Å². The summed E-state index contributed by atoms with van der Waals surface area (Å²) in [5.41, 5.74) is 6.12. The van der Waals surface area contributed by atoms with Crippen molar-refractivity contribution in [1.82, 2.24) is 14.8 Å². The number of rotatable bonds is 4. The summed E-state index contributed by atoms with van der Waals surface area (Å²) < 4.78 is 15.5. The number of fused-ring (bicyclic) bond motifs is 1. The van der Waals surface area contributed by atoms with Crippen molar-refractivity contribution < 1.29 is 4.39 Å². The number of halogens is 1. The monoisotopic (exact) mass is 349 g/mol. The molecule has 0 fully saturated rings. The molecule has 4 heteroatoms. The third kappa shape index (κ3) is 3.30. The topological polar surface area (TPSA) is 20.2 Å². The Morgan fingerprint density at radius 1 is 1.12 bits per heavy atom. The molecule has 2 heterocycles. The average molecular weight is 349 g/mol. The van der Waals surface area contributed by atoms with Crippen LogP contribution in [0.4, 0.5) is 4.39 Å². The number of nitrogens with zero attached hydrogens (tertiary/aromatic N) is 2. The summed E-state index contributed by atoms with van der Waals surface area (Å²) in [6.07, 6.45) is 5.51. The molecule has 26 heavy (non-hydrogen) atoms. The molecule has 0 radical (unpaired) electrons. The highest BCUT2D eigenvalue weighted by Crippen LogP contribution is 2.32. The molecule has 0 saturated carbocycles. The van der Waals surface area contributed by atoms with Gasteiger partial charge in [-0.25, -0.2) is 4.39 Å². The molecule has 0 aliphatic carbocycles. The molecule has 0 unspecified atom stereocenters. The molecule has 0 bridgehead atoms. The molecule has 4 rings (SSSR count). The van der Waals surface area contributed by atoms with Gasteiger partial charge in [0.05, 0.1) is 5.52 Å². The summed E-state index contributed by atoms with van der Waals surface area (Å²) in [6.45, 7) is 2.83. The lowest BCUT2D eigenvalue weighted by atomic mass is 9.99. The number of aromatic nitrogens is 1. The van der Waals surface area contributed by atoms with Crippen molar-refractivity contribution in [2.45, 2.75) is 13.0 Å². The summed E-state index contributed by atoms with van der Waals surface area (Å²) in [6, 6.07) is 13.4. The summed E-state index contributed by atoms with van der Waals surface area (Å²) >= 11 is 0. The van der Waals surface area contributed by atoms with Crippen LogP contribution < -0.4 is 5.32 Å². The van der Waals surface area contributed by atoms with Gasteiger partial charge in [0.2, 0.25) is 0 Å². The Hall–Kier alpha value is -2.43. The molecule has 3 nitrogen and oxygen atoms in total. The Morgan fingerprint density at radius 3 is 2.62 bits per heavy atom. The van der Waals surface area contributed by atoms with Crippen molar-refractivity contribution in [3.8, 4) is 5.69 Å². The molecular formula is C22H24FN3. The Morgan fingerprint density at radius 2 is 1.92 bits per heavy atom. The van der Waals surface area contributed by atoms with E-state index in [0.717, 1.165) is 37.3 Å². The first-order chi connectivity index (χ1) is 12.6. The van der Waals surface area contributed by atoms with Crippen LogP contribution in [0, 0.1) is 5.82 Å². The summed E-state index contributed by atoms with van der Waals surface area (Å²) in [7, 11) is 4.17. The van der Waals surface area contributed by atoms with E-state index in [-0.39, 0.29) is 5.82 Å². The van der Waals surface area contributed by atoms with E-state index in [1.54, 1.807) is 0 Å². The molecule has 2 aromatic carbocycles. The summed E-state index contributed by atoms with van der Waals surface area (Å²) in [5.74, 6) is -0.209. The predicted molar refractivity (Wildman–Crippen MR) is 106 cm³/mol. The van der Waals surface area contributed by atoms with Crippen LogP contribution in [0.3, 0.4) is 0 Å². The first kappa shape index (κ1) is 17.0. The molecule has 0 saturated heterocycles. The minimum Gasteiger partial charge on any atom is -0.316 e. The SMILES string of the molecule is CN(C)Cc1ccc2c(c1)c(C1=CCNCC1)cn2-c1ccc(F)cc1. The van der Waals surface area contributed by atoms with Crippen molar-refractivity contribution in [1.29, 1.82) is 0 Å². The van der Waals surface area contributed by atoms with Gasteiger partial charge in [0.25, 0.3) is 0 Å². The fourth-order valence-corrected chi connectivity index (χ4v) is 3.68. The van der Waals surface area contributed by atoms with Crippen molar-refractivity contribution >= 4 is 16.5 Å². The lowest BCUT2D eigenvalue weighted by Gasteiger charge is -2.14. The van der Waals surface area contributed by atoms with Crippen LogP contribution in [0.15, 0.2) is 54.7 Å². The quantitative estimate of drug-likeness (QED) is 0.761. The molecule has 0 spiro atoms. The van der Waals surface area contributed by atoms with E-state index < -0.39 is 0 Å². The highest BCUT2D eigenvalue weighted by atomic mass is 19.1. The number of benzene rings is 2. The fourth-order valence-electron chi connectivity index (χ4n) is 3.68. The Labute approximate surface area is 153 Å². The molecule has 0 amide bonds. The zero-order chi connectivity index (χ0) is 18.1. The third-order valence-corrected chi connectivity index (χ3v) is 4.88. The smallest absolute Gasteiger partial charge is 0.123 e. The normalized spacial score (nSPS) is 14.8. The first-order valence-electron chi connectivity index (χ1n) is 9.06. The standard InChI is InChI=1S/C22H24FN3/c1-25(2)14-16-3-8-22-20(13-16)21(17-9-11-24-12-10-17)15-26(22)19-6-4-18(23)5-7-19/h3-9,13,15,24H,10-12,14H2,1-2H3. The molecule has 0 atom stereocenters. The Balaban J connectivity index is 1.89. The van der Waals surface area contributed by atoms with E-state index in [9.17, 15) is 4.39 Å². The number of nitrogens with one attached hydrogen (secondary N) is 1. The average Bonchev–Trinajstić information content (AvgIpc) is 3.01.